The first kappa shape index (κ1) is 11.9. The van der Waals surface area contributed by atoms with Gasteiger partial charge in [0.25, 0.3) is 0 Å². The fourth-order valence-electron chi connectivity index (χ4n) is 1.98. The number of likely N-dealkylation sites (tertiary alicyclic amines) is 1. The van der Waals surface area contributed by atoms with E-state index in [1.807, 2.05) is 11.6 Å². The molecule has 5 heteroatoms. The van der Waals surface area contributed by atoms with Gasteiger partial charge < -0.3 is 9.67 Å². The van der Waals surface area contributed by atoms with Gasteiger partial charge >= 0.3 is 0 Å². The highest BCUT2D eigenvalue weighted by Crippen LogP contribution is 2.29. The summed E-state index contributed by atoms with van der Waals surface area (Å²) < 4.78 is 1.87. The molecule has 4 nitrogen and oxygen atoms in total. The summed E-state index contributed by atoms with van der Waals surface area (Å²) in [5.74, 6) is 1.24. The van der Waals surface area contributed by atoms with Crippen molar-refractivity contribution in [2.45, 2.75) is 26.0 Å². The largest absolute Gasteiger partial charge is 0.387 e. The first-order valence-corrected chi connectivity index (χ1v) is 5.91. The van der Waals surface area contributed by atoms with Gasteiger partial charge in [0.1, 0.15) is 11.0 Å². The molecule has 16 heavy (non-hydrogen) atoms. The molecular formula is C11H18ClN3O. The van der Waals surface area contributed by atoms with Crippen molar-refractivity contribution in [3.8, 4) is 0 Å². The minimum Gasteiger partial charge on any atom is -0.387 e. The van der Waals surface area contributed by atoms with Crippen LogP contribution in [0.1, 0.15) is 19.7 Å². The van der Waals surface area contributed by atoms with Crippen LogP contribution < -0.4 is 0 Å². The number of halogens is 1. The maximum atomic E-state index is 10.1. The Balaban J connectivity index is 1.93. The summed E-state index contributed by atoms with van der Waals surface area (Å²) in [7, 11) is 1.90. The molecule has 0 radical (unpaired) electrons. The Hall–Kier alpha value is -0.580. The smallest absolute Gasteiger partial charge is 0.128 e. The standard InChI is InChI=1S/C11H18ClN3O/c1-8(2)11(16)6-15(7-11)5-10-13-4-9(12)14(10)3/h4,8,16H,5-7H2,1-3H3. The SMILES string of the molecule is CC(C)C1(O)CN(Cc2ncc(Cl)n2C)C1. The number of aliphatic hydroxyl groups is 1. The zero-order valence-corrected chi connectivity index (χ0v) is 10.7. The Morgan fingerprint density at radius 2 is 2.19 bits per heavy atom. The van der Waals surface area contributed by atoms with Crippen LogP contribution in [0, 0.1) is 5.92 Å². The third-order valence-corrected chi connectivity index (χ3v) is 3.81. The maximum absolute atomic E-state index is 10.1. The van der Waals surface area contributed by atoms with E-state index in [1.165, 1.54) is 0 Å². The molecule has 1 fully saturated rings. The van der Waals surface area contributed by atoms with E-state index < -0.39 is 5.60 Å². The molecule has 1 aliphatic heterocycles. The molecule has 0 unspecified atom stereocenters. The third-order valence-electron chi connectivity index (χ3n) is 3.46. The van der Waals surface area contributed by atoms with Crippen molar-refractivity contribution in [2.75, 3.05) is 13.1 Å². The second-order valence-corrected chi connectivity index (χ2v) is 5.35. The van der Waals surface area contributed by atoms with Gasteiger partial charge in [-0.05, 0) is 5.92 Å². The quantitative estimate of drug-likeness (QED) is 0.870. The van der Waals surface area contributed by atoms with Gasteiger partial charge in [-0.2, -0.15) is 0 Å². The van der Waals surface area contributed by atoms with E-state index in [9.17, 15) is 5.11 Å². The van der Waals surface area contributed by atoms with Gasteiger partial charge in [-0.1, -0.05) is 25.4 Å². The highest BCUT2D eigenvalue weighted by atomic mass is 35.5. The molecule has 0 spiro atoms. The molecule has 1 aromatic rings. The van der Waals surface area contributed by atoms with Crippen LogP contribution in [-0.4, -0.2) is 38.2 Å². The van der Waals surface area contributed by atoms with Gasteiger partial charge in [-0.25, -0.2) is 4.98 Å². The van der Waals surface area contributed by atoms with Crippen LogP contribution in [-0.2, 0) is 13.6 Å². The van der Waals surface area contributed by atoms with Crippen LogP contribution in [0.3, 0.4) is 0 Å². The van der Waals surface area contributed by atoms with Crippen LogP contribution in [0.5, 0.6) is 0 Å². The number of imidazole rings is 1. The highest BCUT2D eigenvalue weighted by Gasteiger charge is 2.43. The number of β-amino-alcohol motifs (C(OH)–C–C–N with tert-alkyl or cyclic N) is 1. The molecule has 0 atom stereocenters. The second-order valence-electron chi connectivity index (χ2n) is 4.96. The molecule has 2 heterocycles. The molecule has 1 aromatic heterocycles. The van der Waals surface area contributed by atoms with Gasteiger partial charge in [0.2, 0.25) is 0 Å². The summed E-state index contributed by atoms with van der Waals surface area (Å²) in [5.41, 5.74) is -0.519. The van der Waals surface area contributed by atoms with Crippen molar-refractivity contribution in [1.82, 2.24) is 14.5 Å². The fraction of sp³-hybridized carbons (Fsp3) is 0.727. The minimum atomic E-state index is -0.519. The Bertz CT molecular complexity index is 383. The van der Waals surface area contributed by atoms with E-state index in [4.69, 9.17) is 11.6 Å². The summed E-state index contributed by atoms with van der Waals surface area (Å²) in [6, 6.07) is 0. The summed E-state index contributed by atoms with van der Waals surface area (Å²) in [4.78, 5) is 6.42. The van der Waals surface area contributed by atoms with E-state index in [-0.39, 0.29) is 0 Å². The lowest BCUT2D eigenvalue weighted by Gasteiger charge is -2.49. The summed E-state index contributed by atoms with van der Waals surface area (Å²) in [6.45, 7) is 6.28. The third kappa shape index (κ3) is 1.97. The molecule has 0 aromatic carbocycles. The zero-order chi connectivity index (χ0) is 11.9. The number of aromatic nitrogens is 2. The maximum Gasteiger partial charge on any atom is 0.128 e. The predicted octanol–water partition coefficient (Wildman–Crippen LogP) is 1.28. The van der Waals surface area contributed by atoms with Gasteiger partial charge in [0.05, 0.1) is 18.3 Å². The van der Waals surface area contributed by atoms with Crippen molar-refractivity contribution in [1.29, 1.82) is 0 Å². The summed E-state index contributed by atoms with van der Waals surface area (Å²) in [5, 5.41) is 10.8. The van der Waals surface area contributed by atoms with Crippen LogP contribution in [0.15, 0.2) is 6.20 Å². The number of nitrogens with zero attached hydrogens (tertiary/aromatic N) is 3. The van der Waals surface area contributed by atoms with E-state index >= 15 is 0 Å². The molecule has 2 rings (SSSR count). The monoisotopic (exact) mass is 243 g/mol. The lowest BCUT2D eigenvalue weighted by atomic mass is 9.83. The van der Waals surface area contributed by atoms with Crippen LogP contribution in [0.25, 0.3) is 0 Å². The van der Waals surface area contributed by atoms with E-state index in [2.05, 4.69) is 23.7 Å². The second kappa shape index (κ2) is 4.02. The predicted molar refractivity (Wildman–Crippen MR) is 63.3 cm³/mol. The first-order chi connectivity index (χ1) is 7.42. The van der Waals surface area contributed by atoms with Crippen molar-refractivity contribution >= 4 is 11.6 Å². The van der Waals surface area contributed by atoms with Crippen molar-refractivity contribution < 1.29 is 5.11 Å². The lowest BCUT2D eigenvalue weighted by molar-refractivity contribution is -0.131. The highest BCUT2D eigenvalue weighted by molar-refractivity contribution is 6.29. The Morgan fingerprint density at radius 3 is 2.62 bits per heavy atom. The molecule has 1 saturated heterocycles. The number of hydrogen-bond donors (Lipinski definition) is 1. The minimum absolute atomic E-state index is 0.300. The van der Waals surface area contributed by atoms with Crippen LogP contribution >= 0.6 is 11.6 Å². The average Bonchev–Trinajstić information content (AvgIpc) is 2.46. The van der Waals surface area contributed by atoms with Gasteiger partial charge in [0.15, 0.2) is 0 Å². The molecule has 0 amide bonds. The fourth-order valence-corrected chi connectivity index (χ4v) is 2.12. The van der Waals surface area contributed by atoms with Crippen molar-refractivity contribution in [2.24, 2.45) is 13.0 Å². The van der Waals surface area contributed by atoms with E-state index in [0.717, 1.165) is 25.5 Å². The molecule has 90 valence electrons. The number of hydrogen-bond acceptors (Lipinski definition) is 3. The van der Waals surface area contributed by atoms with E-state index in [0.29, 0.717) is 11.1 Å². The zero-order valence-electron chi connectivity index (χ0n) is 9.94. The van der Waals surface area contributed by atoms with Crippen molar-refractivity contribution in [3.63, 3.8) is 0 Å². The molecule has 0 aliphatic carbocycles. The summed E-state index contributed by atoms with van der Waals surface area (Å²) >= 11 is 5.91. The molecular weight excluding hydrogens is 226 g/mol. The Morgan fingerprint density at radius 1 is 1.56 bits per heavy atom. The van der Waals surface area contributed by atoms with Crippen molar-refractivity contribution in [3.05, 3.63) is 17.2 Å². The number of rotatable bonds is 3. The van der Waals surface area contributed by atoms with E-state index in [1.54, 1.807) is 6.20 Å². The lowest BCUT2D eigenvalue weighted by Crippen LogP contribution is -2.64. The van der Waals surface area contributed by atoms with Gasteiger partial charge in [-0.3, -0.25) is 4.90 Å². The molecule has 0 bridgehead atoms. The molecule has 0 saturated carbocycles. The molecule has 1 aliphatic rings. The van der Waals surface area contributed by atoms with Gasteiger partial charge in [-0.15, -0.1) is 0 Å². The van der Waals surface area contributed by atoms with Gasteiger partial charge in [0, 0.05) is 20.1 Å². The van der Waals surface area contributed by atoms with Crippen LogP contribution in [0.2, 0.25) is 5.15 Å². The topological polar surface area (TPSA) is 41.3 Å². The molecule has 1 N–H and O–H groups in total. The Kier molecular flexibility index (Phi) is 2.99. The average molecular weight is 244 g/mol. The Labute approximate surface area is 101 Å². The first-order valence-electron chi connectivity index (χ1n) is 5.53. The summed E-state index contributed by atoms with van der Waals surface area (Å²) in [6.07, 6.45) is 1.66. The van der Waals surface area contributed by atoms with Crippen LogP contribution in [0.4, 0.5) is 0 Å². The normalized spacial score (nSPS) is 20.1.